The molecule has 0 fully saturated rings. The average molecular weight is 319 g/mol. The second-order valence-corrected chi connectivity index (χ2v) is 5.19. The van der Waals surface area contributed by atoms with E-state index in [1.807, 2.05) is 0 Å². The smallest absolute Gasteiger partial charge is 0.302 e. The van der Waals surface area contributed by atoms with Gasteiger partial charge in [0.05, 0.1) is 18.9 Å². The van der Waals surface area contributed by atoms with Crippen molar-refractivity contribution in [2.75, 3.05) is 13.2 Å². The zero-order valence-electron chi connectivity index (χ0n) is 13.1. The molecule has 0 heterocycles. The van der Waals surface area contributed by atoms with Crippen LogP contribution < -0.4 is 5.73 Å². The van der Waals surface area contributed by atoms with E-state index in [0.29, 0.717) is 5.56 Å². The highest BCUT2D eigenvalue weighted by Crippen LogP contribution is 2.19. The minimum Gasteiger partial charge on any atom is -0.465 e. The molecule has 0 radical (unpaired) electrons. The summed E-state index contributed by atoms with van der Waals surface area (Å²) in [7, 11) is 0. The van der Waals surface area contributed by atoms with Crippen molar-refractivity contribution < 1.29 is 23.9 Å². The second kappa shape index (κ2) is 9.63. The molecule has 2 N–H and O–H groups in total. The summed E-state index contributed by atoms with van der Waals surface area (Å²) in [5, 5.41) is 0. The molecule has 0 aliphatic heterocycles. The fraction of sp³-hybridized carbons (Fsp3) is 0.412. The number of hydrogen-bond donors (Lipinski definition) is 1. The molecule has 0 aromatic heterocycles. The van der Waals surface area contributed by atoms with Gasteiger partial charge in [0, 0.05) is 19.8 Å². The van der Waals surface area contributed by atoms with Gasteiger partial charge in [0.25, 0.3) is 0 Å². The summed E-state index contributed by atoms with van der Waals surface area (Å²) in [4.78, 5) is 46.3. The number of ketones is 3. The van der Waals surface area contributed by atoms with Crippen LogP contribution in [0.5, 0.6) is 0 Å². The van der Waals surface area contributed by atoms with Crippen molar-refractivity contribution in [1.29, 1.82) is 0 Å². The number of Topliss-reactive ketones (excluding diaryl/α,β-unsaturated/α-hetero) is 3. The fourth-order valence-electron chi connectivity index (χ4n) is 2.05. The van der Waals surface area contributed by atoms with Gasteiger partial charge in [-0.3, -0.25) is 19.2 Å². The van der Waals surface area contributed by atoms with Gasteiger partial charge in [-0.2, -0.15) is 0 Å². The van der Waals surface area contributed by atoms with E-state index in [1.165, 1.54) is 6.92 Å². The highest BCUT2D eigenvalue weighted by molar-refractivity contribution is 6.03. The molecule has 1 aromatic carbocycles. The average Bonchev–Trinajstić information content (AvgIpc) is 2.53. The van der Waals surface area contributed by atoms with E-state index in [9.17, 15) is 19.2 Å². The van der Waals surface area contributed by atoms with E-state index in [-0.39, 0.29) is 49.8 Å². The summed E-state index contributed by atoms with van der Waals surface area (Å²) in [6, 6.07) is 8.83. The summed E-state index contributed by atoms with van der Waals surface area (Å²) in [6.45, 7) is 1.05. The zero-order chi connectivity index (χ0) is 17.2. The molecule has 0 spiro atoms. The number of carbonyl (C=O) groups excluding carboxylic acids is 4. The Bertz CT molecular complexity index is 568. The van der Waals surface area contributed by atoms with Crippen LogP contribution >= 0.6 is 0 Å². The molecule has 124 valence electrons. The van der Waals surface area contributed by atoms with Crippen LogP contribution in [0.1, 0.15) is 37.7 Å². The number of ether oxygens (including phenoxy) is 1. The van der Waals surface area contributed by atoms with Gasteiger partial charge in [-0.25, -0.2) is 0 Å². The van der Waals surface area contributed by atoms with Crippen LogP contribution in [0.3, 0.4) is 0 Å². The van der Waals surface area contributed by atoms with Crippen LogP contribution in [0.4, 0.5) is 0 Å². The van der Waals surface area contributed by atoms with E-state index in [0.717, 1.165) is 0 Å². The maximum absolute atomic E-state index is 12.4. The molecule has 23 heavy (non-hydrogen) atoms. The van der Waals surface area contributed by atoms with Gasteiger partial charge in [0.15, 0.2) is 5.78 Å². The van der Waals surface area contributed by atoms with Crippen molar-refractivity contribution in [3.63, 3.8) is 0 Å². The number of rotatable bonds is 10. The lowest BCUT2D eigenvalue weighted by Gasteiger charge is -2.15. The van der Waals surface area contributed by atoms with Crippen LogP contribution in [-0.2, 0) is 23.9 Å². The fourth-order valence-corrected chi connectivity index (χ4v) is 2.05. The molecule has 1 rings (SSSR count). The van der Waals surface area contributed by atoms with Crippen molar-refractivity contribution >= 4 is 23.3 Å². The number of nitrogens with two attached hydrogens (primary N) is 1. The van der Waals surface area contributed by atoms with Gasteiger partial charge in [0.2, 0.25) is 0 Å². The molecule has 0 bridgehead atoms. The molecule has 6 heteroatoms. The highest BCUT2D eigenvalue weighted by Gasteiger charge is 2.24. The molecule has 0 amide bonds. The first-order valence-corrected chi connectivity index (χ1v) is 7.38. The van der Waals surface area contributed by atoms with E-state index < -0.39 is 11.9 Å². The molecule has 1 aromatic rings. The van der Waals surface area contributed by atoms with E-state index in [4.69, 9.17) is 10.5 Å². The van der Waals surface area contributed by atoms with Crippen LogP contribution in [0.25, 0.3) is 0 Å². The van der Waals surface area contributed by atoms with Gasteiger partial charge in [0.1, 0.15) is 18.2 Å². The Kier molecular flexibility index (Phi) is 7.83. The summed E-state index contributed by atoms with van der Waals surface area (Å²) in [5.74, 6) is -2.04. The maximum atomic E-state index is 12.4. The Hall–Kier alpha value is -2.34. The first-order valence-electron chi connectivity index (χ1n) is 7.38. The Morgan fingerprint density at radius 3 is 2.22 bits per heavy atom. The van der Waals surface area contributed by atoms with Crippen LogP contribution in [0, 0.1) is 0 Å². The van der Waals surface area contributed by atoms with Crippen LogP contribution in [0.15, 0.2) is 30.3 Å². The van der Waals surface area contributed by atoms with Gasteiger partial charge in [-0.15, -0.1) is 0 Å². The molecular weight excluding hydrogens is 298 g/mol. The lowest BCUT2D eigenvalue weighted by Crippen LogP contribution is -2.23. The molecule has 0 saturated heterocycles. The predicted octanol–water partition coefficient (Wildman–Crippen LogP) is 1.17. The first-order chi connectivity index (χ1) is 10.9. The van der Waals surface area contributed by atoms with E-state index in [2.05, 4.69) is 0 Å². The number of esters is 1. The lowest BCUT2D eigenvalue weighted by atomic mass is 9.92. The summed E-state index contributed by atoms with van der Waals surface area (Å²) >= 11 is 0. The van der Waals surface area contributed by atoms with Gasteiger partial charge in [-0.1, -0.05) is 30.3 Å². The second-order valence-electron chi connectivity index (χ2n) is 5.19. The number of benzene rings is 1. The third-order valence-electron chi connectivity index (χ3n) is 3.33. The standard InChI is InChI=1S/C17H21NO5/c1-12(19)23-11-16(13-5-3-2-4-6-13)17(22)9-14(20)7-8-15(21)10-18/h2-6,16H,7-11,18H2,1H3. The third-order valence-corrected chi connectivity index (χ3v) is 3.33. The molecular formula is C17H21NO5. The van der Waals surface area contributed by atoms with Crippen molar-refractivity contribution in [2.45, 2.75) is 32.1 Å². The maximum Gasteiger partial charge on any atom is 0.302 e. The highest BCUT2D eigenvalue weighted by atomic mass is 16.5. The largest absolute Gasteiger partial charge is 0.465 e. The Labute approximate surface area is 135 Å². The van der Waals surface area contributed by atoms with Gasteiger partial charge >= 0.3 is 5.97 Å². The SMILES string of the molecule is CC(=O)OCC(C(=O)CC(=O)CCC(=O)CN)c1ccccc1. The molecule has 6 nitrogen and oxygen atoms in total. The Morgan fingerprint density at radius 2 is 1.65 bits per heavy atom. The monoisotopic (exact) mass is 319 g/mol. The molecule has 1 atom stereocenters. The molecule has 0 aliphatic rings. The van der Waals surface area contributed by atoms with Crippen molar-refractivity contribution in [1.82, 2.24) is 0 Å². The summed E-state index contributed by atoms with van der Waals surface area (Å²) in [5.41, 5.74) is 5.86. The minimum atomic E-state index is -0.686. The normalized spacial score (nSPS) is 11.6. The topological polar surface area (TPSA) is 104 Å². The number of hydrogen-bond acceptors (Lipinski definition) is 6. The third kappa shape index (κ3) is 6.97. The molecule has 0 aliphatic carbocycles. The summed E-state index contributed by atoms with van der Waals surface area (Å²) < 4.78 is 4.94. The summed E-state index contributed by atoms with van der Waals surface area (Å²) in [6.07, 6.45) is -0.252. The quantitative estimate of drug-likeness (QED) is 0.513. The lowest BCUT2D eigenvalue weighted by molar-refractivity contribution is -0.142. The number of carbonyl (C=O) groups is 4. The molecule has 1 unspecified atom stereocenters. The van der Waals surface area contributed by atoms with Crippen molar-refractivity contribution in [3.8, 4) is 0 Å². The van der Waals surface area contributed by atoms with E-state index >= 15 is 0 Å². The molecule has 0 saturated carbocycles. The van der Waals surface area contributed by atoms with Crippen LogP contribution in [-0.4, -0.2) is 36.5 Å². The first kappa shape index (κ1) is 18.7. The zero-order valence-corrected chi connectivity index (χ0v) is 13.1. The van der Waals surface area contributed by atoms with Crippen molar-refractivity contribution in [3.05, 3.63) is 35.9 Å². The predicted molar refractivity (Wildman–Crippen MR) is 83.7 cm³/mol. The van der Waals surface area contributed by atoms with Gasteiger partial charge < -0.3 is 10.5 Å². The Balaban J connectivity index is 2.70. The van der Waals surface area contributed by atoms with Gasteiger partial charge in [-0.05, 0) is 5.56 Å². The van der Waals surface area contributed by atoms with Crippen molar-refractivity contribution in [2.24, 2.45) is 5.73 Å². The van der Waals surface area contributed by atoms with E-state index in [1.54, 1.807) is 30.3 Å². The van der Waals surface area contributed by atoms with Crippen LogP contribution in [0.2, 0.25) is 0 Å². The Morgan fingerprint density at radius 1 is 1.04 bits per heavy atom. The minimum absolute atomic E-state index is 0.00313.